The molecule has 0 aliphatic carbocycles. The lowest BCUT2D eigenvalue weighted by Gasteiger charge is -2.23. The molecule has 9 nitrogen and oxygen atoms in total. The van der Waals surface area contributed by atoms with Crippen molar-refractivity contribution in [3.8, 4) is 11.5 Å². The number of fused-ring (bicyclic) bond motifs is 1. The SMILES string of the molecule is CCOc1ccc([C@H]2C(C(=O)OC)=CN=c3s/c(=C\c4ccc(N(C)C)o4)c(=O)n32)cc1OCC. The molecule has 0 fully saturated rings. The highest BCUT2D eigenvalue weighted by Crippen LogP contribution is 2.35. The van der Waals surface area contributed by atoms with Gasteiger partial charge in [-0.25, -0.2) is 9.79 Å². The fourth-order valence-electron chi connectivity index (χ4n) is 3.78. The van der Waals surface area contributed by atoms with Crippen LogP contribution >= 0.6 is 11.3 Å². The van der Waals surface area contributed by atoms with E-state index in [9.17, 15) is 9.59 Å². The number of carbonyl (C=O) groups is 1. The minimum atomic E-state index is -0.746. The number of carbonyl (C=O) groups excluding carboxylic acids is 1. The fourth-order valence-corrected chi connectivity index (χ4v) is 4.73. The maximum atomic E-state index is 13.6. The van der Waals surface area contributed by atoms with Gasteiger partial charge in [-0.15, -0.1) is 0 Å². The first kappa shape index (κ1) is 24.3. The molecule has 0 N–H and O–H groups in total. The van der Waals surface area contributed by atoms with Crippen molar-refractivity contribution >= 4 is 29.3 Å². The summed E-state index contributed by atoms with van der Waals surface area (Å²) >= 11 is 1.22. The minimum Gasteiger partial charge on any atom is -0.490 e. The van der Waals surface area contributed by atoms with Crippen LogP contribution in [0, 0.1) is 0 Å². The van der Waals surface area contributed by atoms with Gasteiger partial charge in [-0.05, 0) is 37.6 Å². The van der Waals surface area contributed by atoms with Crippen LogP contribution in [0.5, 0.6) is 11.5 Å². The van der Waals surface area contributed by atoms with E-state index in [4.69, 9.17) is 18.6 Å². The van der Waals surface area contributed by atoms with E-state index in [-0.39, 0.29) is 11.1 Å². The predicted molar refractivity (Wildman–Crippen MR) is 133 cm³/mol. The van der Waals surface area contributed by atoms with Gasteiger partial charge in [-0.3, -0.25) is 9.36 Å². The van der Waals surface area contributed by atoms with E-state index in [1.54, 1.807) is 24.3 Å². The van der Waals surface area contributed by atoms with Crippen LogP contribution in [0.3, 0.4) is 0 Å². The second-order valence-electron chi connectivity index (χ2n) is 7.82. The van der Waals surface area contributed by atoms with Crippen LogP contribution in [-0.2, 0) is 9.53 Å². The second kappa shape index (κ2) is 10.2. The Hall–Kier alpha value is -3.79. The zero-order valence-electron chi connectivity index (χ0n) is 20.2. The maximum absolute atomic E-state index is 13.6. The first-order valence-corrected chi connectivity index (χ1v) is 12.0. The van der Waals surface area contributed by atoms with Crippen molar-refractivity contribution in [2.45, 2.75) is 19.9 Å². The fraction of sp³-hybridized carbons (Fsp3) is 0.320. The molecule has 184 valence electrons. The van der Waals surface area contributed by atoms with Gasteiger partial charge in [0.25, 0.3) is 5.56 Å². The lowest BCUT2D eigenvalue weighted by molar-refractivity contribution is -0.136. The highest BCUT2D eigenvalue weighted by Gasteiger charge is 2.31. The van der Waals surface area contributed by atoms with Gasteiger partial charge in [0.1, 0.15) is 5.76 Å². The Bertz CT molecular complexity index is 1450. The summed E-state index contributed by atoms with van der Waals surface area (Å²) in [5, 5.41) is 0. The molecule has 0 unspecified atom stereocenters. The number of anilines is 1. The standard InChI is InChI=1S/C25H27N3O6S/c1-6-32-18-10-8-15(12-19(18)33-7-2)22-17(24(30)31-5)14-26-25-28(22)23(29)20(35-25)13-16-9-11-21(34-16)27(3)4/h8-14,22H,6-7H2,1-5H3/b20-13-/t22-/m0/s1. The first-order valence-electron chi connectivity index (χ1n) is 11.1. The second-order valence-corrected chi connectivity index (χ2v) is 8.83. The van der Waals surface area contributed by atoms with Gasteiger partial charge in [0, 0.05) is 32.4 Å². The quantitative estimate of drug-likeness (QED) is 0.441. The molecule has 4 rings (SSSR count). The lowest BCUT2D eigenvalue weighted by atomic mass is 9.97. The Kier molecular flexibility index (Phi) is 7.11. The summed E-state index contributed by atoms with van der Waals surface area (Å²) in [6.45, 7) is 4.68. The van der Waals surface area contributed by atoms with E-state index < -0.39 is 12.0 Å². The number of aromatic nitrogens is 1. The van der Waals surface area contributed by atoms with Crippen molar-refractivity contribution in [3.63, 3.8) is 0 Å². The number of rotatable bonds is 8. The molecule has 35 heavy (non-hydrogen) atoms. The van der Waals surface area contributed by atoms with Crippen molar-refractivity contribution in [3.05, 3.63) is 73.1 Å². The molecule has 0 bridgehead atoms. The lowest BCUT2D eigenvalue weighted by Crippen LogP contribution is -2.39. The average molecular weight is 498 g/mol. The van der Waals surface area contributed by atoms with Crippen LogP contribution < -0.4 is 29.3 Å². The summed E-state index contributed by atoms with van der Waals surface area (Å²) in [6.07, 6.45) is 3.14. The van der Waals surface area contributed by atoms with Gasteiger partial charge in [-0.2, -0.15) is 0 Å². The van der Waals surface area contributed by atoms with Gasteiger partial charge in [0.05, 0.1) is 36.5 Å². The average Bonchev–Trinajstić information content (AvgIpc) is 3.44. The van der Waals surface area contributed by atoms with Crippen molar-refractivity contribution in [2.24, 2.45) is 4.99 Å². The Balaban J connectivity index is 1.88. The largest absolute Gasteiger partial charge is 0.490 e. The summed E-state index contributed by atoms with van der Waals surface area (Å²) < 4.78 is 24.2. The van der Waals surface area contributed by atoms with Crippen LogP contribution in [0.1, 0.15) is 31.2 Å². The Morgan fingerprint density at radius 1 is 1.17 bits per heavy atom. The third-order valence-electron chi connectivity index (χ3n) is 5.33. The molecule has 3 aromatic rings. The number of hydrogen-bond donors (Lipinski definition) is 0. The molecule has 0 amide bonds. The Morgan fingerprint density at radius 2 is 1.91 bits per heavy atom. The number of esters is 1. The van der Waals surface area contributed by atoms with E-state index >= 15 is 0 Å². The highest BCUT2D eigenvalue weighted by atomic mass is 32.1. The van der Waals surface area contributed by atoms with Crippen LogP contribution in [0.15, 0.2) is 56.3 Å². The van der Waals surface area contributed by atoms with Gasteiger partial charge >= 0.3 is 5.97 Å². The molecular formula is C25H27N3O6S. The summed E-state index contributed by atoms with van der Waals surface area (Å²) in [5.74, 6) is 1.77. The number of thiazole rings is 1. The van der Waals surface area contributed by atoms with Gasteiger partial charge in [-0.1, -0.05) is 17.4 Å². The number of furan rings is 1. The zero-order chi connectivity index (χ0) is 25.1. The molecule has 10 heteroatoms. The Labute approximate surface area is 206 Å². The molecule has 1 atom stereocenters. The molecule has 1 aliphatic heterocycles. The number of ether oxygens (including phenoxy) is 3. The predicted octanol–water partition coefficient (Wildman–Crippen LogP) is 2.47. The summed E-state index contributed by atoms with van der Waals surface area (Å²) in [6, 6.07) is 8.26. The zero-order valence-corrected chi connectivity index (χ0v) is 21.0. The topological polar surface area (TPSA) is 95.5 Å². The molecule has 0 spiro atoms. The van der Waals surface area contributed by atoms with Crippen LogP contribution in [0.4, 0.5) is 5.88 Å². The molecule has 2 aromatic heterocycles. The van der Waals surface area contributed by atoms with E-state index in [1.165, 1.54) is 29.2 Å². The molecule has 3 heterocycles. The normalized spacial score (nSPS) is 15.2. The van der Waals surface area contributed by atoms with Crippen molar-refractivity contribution in [2.75, 3.05) is 39.3 Å². The van der Waals surface area contributed by atoms with Gasteiger partial charge in [0.15, 0.2) is 22.2 Å². The number of nitrogens with zero attached hydrogens (tertiary/aromatic N) is 3. The van der Waals surface area contributed by atoms with E-state index in [2.05, 4.69) is 4.99 Å². The molecular weight excluding hydrogens is 470 g/mol. The minimum absolute atomic E-state index is 0.242. The molecule has 0 radical (unpaired) electrons. The summed E-state index contributed by atoms with van der Waals surface area (Å²) in [7, 11) is 5.05. The van der Waals surface area contributed by atoms with Crippen molar-refractivity contribution < 1.29 is 23.4 Å². The van der Waals surface area contributed by atoms with Crippen LogP contribution in [-0.4, -0.2) is 45.0 Å². The highest BCUT2D eigenvalue weighted by molar-refractivity contribution is 7.07. The van der Waals surface area contributed by atoms with E-state index in [0.717, 1.165) is 0 Å². The van der Waals surface area contributed by atoms with Crippen molar-refractivity contribution in [1.29, 1.82) is 0 Å². The van der Waals surface area contributed by atoms with Gasteiger partial charge in [0.2, 0.25) is 0 Å². The maximum Gasteiger partial charge on any atom is 0.337 e. The number of methoxy groups -OCH3 is 1. The van der Waals surface area contributed by atoms with E-state index in [0.29, 0.717) is 51.3 Å². The van der Waals surface area contributed by atoms with Crippen molar-refractivity contribution in [1.82, 2.24) is 4.57 Å². The van der Waals surface area contributed by atoms with Crippen LogP contribution in [0.25, 0.3) is 6.08 Å². The summed E-state index contributed by atoms with van der Waals surface area (Å²) in [5.41, 5.74) is 0.623. The Morgan fingerprint density at radius 3 is 2.57 bits per heavy atom. The summed E-state index contributed by atoms with van der Waals surface area (Å²) in [4.78, 5) is 32.9. The molecule has 0 saturated carbocycles. The third kappa shape index (κ3) is 4.74. The number of benzene rings is 1. The molecule has 1 aliphatic rings. The molecule has 1 aromatic carbocycles. The monoisotopic (exact) mass is 497 g/mol. The first-order chi connectivity index (χ1) is 16.9. The van der Waals surface area contributed by atoms with Crippen LogP contribution in [0.2, 0.25) is 0 Å². The van der Waals surface area contributed by atoms with Gasteiger partial charge < -0.3 is 23.5 Å². The number of hydrogen-bond acceptors (Lipinski definition) is 9. The van der Waals surface area contributed by atoms with E-state index in [1.807, 2.05) is 45.0 Å². The third-order valence-corrected chi connectivity index (χ3v) is 6.33. The smallest absolute Gasteiger partial charge is 0.337 e. The molecule has 0 saturated heterocycles.